The fourth-order valence-electron chi connectivity index (χ4n) is 3.95. The molecule has 3 N–H and O–H groups in total. The first kappa shape index (κ1) is 29.8. The van der Waals surface area contributed by atoms with Gasteiger partial charge in [0, 0.05) is 12.2 Å². The first-order chi connectivity index (χ1) is 17.3. The van der Waals surface area contributed by atoms with E-state index in [4.69, 9.17) is 4.74 Å². The predicted octanol–water partition coefficient (Wildman–Crippen LogP) is 4.74. The van der Waals surface area contributed by atoms with Crippen LogP contribution in [0.15, 0.2) is 48.5 Å². The number of para-hydroxylation sites is 1. The molecule has 2 rings (SSSR count). The summed E-state index contributed by atoms with van der Waals surface area (Å²) in [4.78, 5) is 41.6. The normalized spacial score (nSPS) is 13.0. The molecule has 0 aromatic heterocycles. The van der Waals surface area contributed by atoms with E-state index in [-0.39, 0.29) is 19.1 Å². The molecule has 0 saturated heterocycles. The third-order valence-corrected chi connectivity index (χ3v) is 5.68. The maximum Gasteiger partial charge on any atom is 0.408 e. The fraction of sp³-hybridized carbons (Fsp3) is 0.483. The number of alkyl carbamates (subject to hydrolysis) is 1. The minimum Gasteiger partial charge on any atom is -0.444 e. The van der Waals surface area contributed by atoms with Gasteiger partial charge in [-0.3, -0.25) is 9.59 Å². The summed E-state index contributed by atoms with van der Waals surface area (Å²) in [6, 6.07) is 12.7. The Morgan fingerprint density at radius 1 is 1.00 bits per heavy atom. The third-order valence-electron chi connectivity index (χ3n) is 5.68. The second-order valence-electron chi connectivity index (χ2n) is 10.7. The lowest BCUT2D eigenvalue weighted by Gasteiger charge is -2.34. The van der Waals surface area contributed by atoms with E-state index >= 15 is 0 Å². The Kier molecular flexibility index (Phi) is 10.7. The van der Waals surface area contributed by atoms with Crippen molar-refractivity contribution < 1.29 is 24.2 Å². The van der Waals surface area contributed by atoms with Gasteiger partial charge in [0.1, 0.15) is 17.7 Å². The number of ether oxygens (including phenoxy) is 1. The van der Waals surface area contributed by atoms with Gasteiger partial charge in [-0.15, -0.1) is 0 Å². The van der Waals surface area contributed by atoms with Crippen LogP contribution in [-0.4, -0.2) is 52.7 Å². The Bertz CT molecular complexity index is 1060. The number of amides is 3. The van der Waals surface area contributed by atoms with Crippen LogP contribution in [0.2, 0.25) is 0 Å². The zero-order valence-electron chi connectivity index (χ0n) is 23.0. The minimum atomic E-state index is -1.03. The molecule has 0 aliphatic rings. The number of aliphatic hydroxyl groups is 1. The largest absolute Gasteiger partial charge is 0.444 e. The molecule has 0 spiro atoms. The average Bonchev–Trinajstić information content (AvgIpc) is 2.79. The van der Waals surface area contributed by atoms with Crippen molar-refractivity contribution in [3.63, 3.8) is 0 Å². The molecule has 2 unspecified atom stereocenters. The number of nitrogens with one attached hydrogen (secondary N) is 2. The van der Waals surface area contributed by atoms with Crippen LogP contribution < -0.4 is 10.6 Å². The number of hydrogen-bond acceptors (Lipinski definition) is 5. The summed E-state index contributed by atoms with van der Waals surface area (Å²) < 4.78 is 5.39. The Hall–Kier alpha value is -3.39. The highest BCUT2D eigenvalue weighted by Gasteiger charge is 2.36. The van der Waals surface area contributed by atoms with Crippen molar-refractivity contribution in [2.45, 2.75) is 72.6 Å². The van der Waals surface area contributed by atoms with E-state index in [0.717, 1.165) is 11.1 Å². The smallest absolute Gasteiger partial charge is 0.408 e. The lowest BCUT2D eigenvalue weighted by Crippen LogP contribution is -2.53. The maximum absolute atomic E-state index is 13.9. The molecule has 3 amide bonds. The number of aryl methyl sites for hydroxylation is 2. The third kappa shape index (κ3) is 9.21. The highest BCUT2D eigenvalue weighted by molar-refractivity contribution is 5.99. The van der Waals surface area contributed by atoms with Gasteiger partial charge in [-0.25, -0.2) is 4.79 Å². The maximum atomic E-state index is 13.9. The molecule has 8 nitrogen and oxygen atoms in total. The van der Waals surface area contributed by atoms with Crippen molar-refractivity contribution in [2.24, 2.45) is 5.92 Å². The van der Waals surface area contributed by atoms with Crippen molar-refractivity contribution in [3.05, 3.63) is 65.2 Å². The van der Waals surface area contributed by atoms with Gasteiger partial charge in [-0.2, -0.15) is 0 Å². The average molecular weight is 512 g/mol. The minimum absolute atomic E-state index is 0.0680. The van der Waals surface area contributed by atoms with Gasteiger partial charge in [0.05, 0.1) is 6.61 Å². The van der Waals surface area contributed by atoms with E-state index in [2.05, 4.69) is 10.6 Å². The standard InChI is InChI=1S/C29H41N3O5/c1-19(2)18-24(31-28(36)37-29(5,6)7)27(35)32(16-17-33)25(22-14-12-20(3)13-15-22)26(34)30-23-11-9-8-10-21(23)4/h8-15,19,24-25,33H,16-18H2,1-7H3,(H,30,34)(H,31,36). The molecule has 0 bridgehead atoms. The molecule has 37 heavy (non-hydrogen) atoms. The first-order valence-corrected chi connectivity index (χ1v) is 12.7. The van der Waals surface area contributed by atoms with Crippen LogP contribution in [0.5, 0.6) is 0 Å². The van der Waals surface area contributed by atoms with E-state index < -0.39 is 35.6 Å². The van der Waals surface area contributed by atoms with Gasteiger partial charge in [-0.05, 0) is 64.2 Å². The van der Waals surface area contributed by atoms with Gasteiger partial charge in [0.15, 0.2) is 0 Å². The Morgan fingerprint density at radius 3 is 2.16 bits per heavy atom. The Morgan fingerprint density at radius 2 is 1.62 bits per heavy atom. The molecule has 2 aromatic carbocycles. The topological polar surface area (TPSA) is 108 Å². The van der Waals surface area contributed by atoms with Gasteiger partial charge in [0.25, 0.3) is 5.91 Å². The highest BCUT2D eigenvalue weighted by Crippen LogP contribution is 2.26. The summed E-state index contributed by atoms with van der Waals surface area (Å²) in [6.07, 6.45) is -0.383. The summed E-state index contributed by atoms with van der Waals surface area (Å²) in [6.45, 7) is 12.5. The summed E-state index contributed by atoms with van der Waals surface area (Å²) in [5.41, 5.74) is 2.37. The van der Waals surface area contributed by atoms with Crippen molar-refractivity contribution in [1.82, 2.24) is 10.2 Å². The first-order valence-electron chi connectivity index (χ1n) is 12.7. The van der Waals surface area contributed by atoms with E-state index in [1.54, 1.807) is 39.0 Å². The zero-order valence-corrected chi connectivity index (χ0v) is 23.0. The van der Waals surface area contributed by atoms with Crippen LogP contribution in [0, 0.1) is 19.8 Å². The number of aliphatic hydroxyl groups excluding tert-OH is 1. The van der Waals surface area contributed by atoms with Gasteiger partial charge in [-0.1, -0.05) is 61.9 Å². The number of rotatable bonds is 10. The number of nitrogens with zero attached hydrogens (tertiary/aromatic N) is 1. The second-order valence-corrected chi connectivity index (χ2v) is 10.7. The van der Waals surface area contributed by atoms with Gasteiger partial charge < -0.3 is 25.4 Å². The van der Waals surface area contributed by atoms with Gasteiger partial charge in [0.2, 0.25) is 5.91 Å². The number of carbonyl (C=O) groups is 3. The van der Waals surface area contributed by atoms with Crippen molar-refractivity contribution >= 4 is 23.6 Å². The Labute approximate surface area is 220 Å². The predicted molar refractivity (Wildman–Crippen MR) is 145 cm³/mol. The van der Waals surface area contributed by atoms with Crippen LogP contribution >= 0.6 is 0 Å². The number of carbonyl (C=O) groups excluding carboxylic acids is 3. The van der Waals surface area contributed by atoms with Crippen LogP contribution in [-0.2, 0) is 14.3 Å². The van der Waals surface area contributed by atoms with Crippen LogP contribution in [0.4, 0.5) is 10.5 Å². The number of benzene rings is 2. The molecule has 0 radical (unpaired) electrons. The molecule has 2 atom stereocenters. The van der Waals surface area contributed by atoms with E-state index in [0.29, 0.717) is 17.7 Å². The molecule has 0 fully saturated rings. The molecule has 0 saturated carbocycles. The van der Waals surface area contributed by atoms with Crippen LogP contribution in [0.25, 0.3) is 0 Å². The van der Waals surface area contributed by atoms with E-state index in [1.807, 2.05) is 58.0 Å². The summed E-state index contributed by atoms with van der Waals surface area (Å²) in [5, 5.41) is 15.5. The molecule has 202 valence electrons. The van der Waals surface area contributed by atoms with Crippen molar-refractivity contribution in [3.8, 4) is 0 Å². The molecule has 0 heterocycles. The van der Waals surface area contributed by atoms with Crippen molar-refractivity contribution in [2.75, 3.05) is 18.5 Å². The molecule has 2 aromatic rings. The molecule has 0 aliphatic carbocycles. The summed E-state index contributed by atoms with van der Waals surface area (Å²) >= 11 is 0. The Balaban J connectivity index is 2.49. The van der Waals surface area contributed by atoms with E-state index in [1.165, 1.54) is 4.90 Å². The van der Waals surface area contributed by atoms with Crippen molar-refractivity contribution in [1.29, 1.82) is 0 Å². The van der Waals surface area contributed by atoms with E-state index in [9.17, 15) is 19.5 Å². The fourth-order valence-corrected chi connectivity index (χ4v) is 3.95. The second kappa shape index (κ2) is 13.2. The number of anilines is 1. The SMILES string of the molecule is Cc1ccc(C(C(=O)Nc2ccccc2C)N(CCO)C(=O)C(CC(C)C)NC(=O)OC(C)(C)C)cc1. The number of hydrogen-bond donors (Lipinski definition) is 3. The van der Waals surface area contributed by atoms with Crippen LogP contribution in [0.3, 0.4) is 0 Å². The highest BCUT2D eigenvalue weighted by atomic mass is 16.6. The summed E-state index contributed by atoms with van der Waals surface area (Å²) in [7, 11) is 0. The van der Waals surface area contributed by atoms with Gasteiger partial charge >= 0.3 is 6.09 Å². The lowest BCUT2D eigenvalue weighted by atomic mass is 9.98. The molecular formula is C29H41N3O5. The molecular weight excluding hydrogens is 470 g/mol. The quantitative estimate of drug-likeness (QED) is 0.427. The zero-order chi connectivity index (χ0) is 27.8. The van der Waals surface area contributed by atoms with Crippen LogP contribution in [0.1, 0.15) is 63.8 Å². The monoisotopic (exact) mass is 511 g/mol. The summed E-state index contributed by atoms with van der Waals surface area (Å²) in [5.74, 6) is -0.821. The molecule has 8 heteroatoms. The molecule has 0 aliphatic heterocycles. The lowest BCUT2D eigenvalue weighted by molar-refractivity contribution is -0.141.